The summed E-state index contributed by atoms with van der Waals surface area (Å²) in [5.74, 6) is -0.135. The number of hydrogen-bond donors (Lipinski definition) is 2. The Morgan fingerprint density at radius 1 is 1.67 bits per heavy atom. The minimum Gasteiger partial charge on any atom is -0.394 e. The Labute approximate surface area is 123 Å². The molecule has 1 aliphatic heterocycles. The van der Waals surface area contributed by atoms with E-state index in [0.29, 0.717) is 30.9 Å². The van der Waals surface area contributed by atoms with Crippen LogP contribution in [0.1, 0.15) is 12.5 Å². The maximum atomic E-state index is 12.3. The average molecular weight is 289 g/mol. The number of aliphatic hydroxyl groups excluding tert-OH is 1. The second-order valence-corrected chi connectivity index (χ2v) is 5.03. The topological polar surface area (TPSA) is 85.6 Å². The summed E-state index contributed by atoms with van der Waals surface area (Å²) in [5, 5.41) is 20.8. The van der Waals surface area contributed by atoms with E-state index in [-0.39, 0.29) is 24.7 Å². The van der Waals surface area contributed by atoms with Gasteiger partial charge in [0.1, 0.15) is 0 Å². The van der Waals surface area contributed by atoms with Gasteiger partial charge in [0.25, 0.3) is 0 Å². The van der Waals surface area contributed by atoms with Crippen molar-refractivity contribution in [1.82, 2.24) is 4.90 Å². The van der Waals surface area contributed by atoms with Crippen molar-refractivity contribution in [3.05, 3.63) is 29.8 Å². The first-order valence-electron chi connectivity index (χ1n) is 6.91. The molecule has 1 aliphatic rings. The van der Waals surface area contributed by atoms with Crippen LogP contribution < -0.4 is 5.32 Å². The second kappa shape index (κ2) is 7.18. The molecular weight excluding hydrogens is 270 g/mol. The first-order chi connectivity index (χ1) is 10.1. The summed E-state index contributed by atoms with van der Waals surface area (Å²) in [6, 6.07) is 8.52. The predicted octanol–water partition coefficient (Wildman–Crippen LogP) is 0.578. The van der Waals surface area contributed by atoms with Crippen LogP contribution in [0.2, 0.25) is 0 Å². The molecule has 0 aliphatic carbocycles. The summed E-state index contributed by atoms with van der Waals surface area (Å²) in [5.41, 5.74) is 1.12. The first kappa shape index (κ1) is 15.4. The van der Waals surface area contributed by atoms with Crippen molar-refractivity contribution < 1.29 is 14.6 Å². The molecule has 1 aromatic carbocycles. The summed E-state index contributed by atoms with van der Waals surface area (Å²) in [4.78, 5) is 14.2. The van der Waals surface area contributed by atoms with E-state index in [2.05, 4.69) is 5.32 Å². The third-order valence-corrected chi connectivity index (χ3v) is 3.56. The number of carbonyl (C=O) groups is 1. The Hall–Kier alpha value is -1.94. The predicted molar refractivity (Wildman–Crippen MR) is 77.6 cm³/mol. The van der Waals surface area contributed by atoms with Gasteiger partial charge >= 0.3 is 0 Å². The fraction of sp³-hybridized carbons (Fsp3) is 0.467. The third-order valence-electron chi connectivity index (χ3n) is 3.56. The molecule has 0 spiro atoms. The molecule has 6 nitrogen and oxygen atoms in total. The highest BCUT2D eigenvalue weighted by atomic mass is 16.5. The van der Waals surface area contributed by atoms with Gasteiger partial charge in [-0.05, 0) is 25.1 Å². The van der Waals surface area contributed by atoms with E-state index >= 15 is 0 Å². The smallest absolute Gasteiger partial charge is 0.241 e. The Morgan fingerprint density at radius 2 is 2.48 bits per heavy atom. The maximum absolute atomic E-state index is 12.3. The van der Waals surface area contributed by atoms with Crippen LogP contribution in [-0.2, 0) is 9.53 Å². The minimum atomic E-state index is -0.325. The lowest BCUT2D eigenvalue weighted by Crippen LogP contribution is -2.51. The van der Waals surface area contributed by atoms with Crippen LogP contribution in [-0.4, -0.2) is 54.4 Å². The summed E-state index contributed by atoms with van der Waals surface area (Å²) in [6.07, 6.45) is -0.240. The quantitative estimate of drug-likeness (QED) is 0.847. The molecule has 2 rings (SSSR count). The molecule has 6 heteroatoms. The number of anilines is 1. The van der Waals surface area contributed by atoms with E-state index in [0.717, 1.165) is 0 Å². The van der Waals surface area contributed by atoms with Crippen molar-refractivity contribution in [3.63, 3.8) is 0 Å². The van der Waals surface area contributed by atoms with Crippen molar-refractivity contribution in [2.24, 2.45) is 0 Å². The van der Waals surface area contributed by atoms with Crippen LogP contribution in [0.4, 0.5) is 5.69 Å². The van der Waals surface area contributed by atoms with Crippen molar-refractivity contribution in [3.8, 4) is 6.07 Å². The van der Waals surface area contributed by atoms with Gasteiger partial charge in [-0.2, -0.15) is 5.26 Å². The van der Waals surface area contributed by atoms with E-state index in [4.69, 9.17) is 15.1 Å². The lowest BCUT2D eigenvalue weighted by atomic mass is 10.2. The zero-order valence-electron chi connectivity index (χ0n) is 12.0. The fourth-order valence-electron chi connectivity index (χ4n) is 2.28. The zero-order valence-corrected chi connectivity index (χ0v) is 12.0. The van der Waals surface area contributed by atoms with Crippen molar-refractivity contribution >= 4 is 11.6 Å². The fourth-order valence-corrected chi connectivity index (χ4v) is 2.28. The molecular formula is C15H19N3O3. The molecule has 1 saturated heterocycles. The number of benzene rings is 1. The Balaban J connectivity index is 1.97. The molecule has 0 radical (unpaired) electrons. The average Bonchev–Trinajstić information content (AvgIpc) is 2.54. The molecule has 1 amide bonds. The Kier molecular flexibility index (Phi) is 5.28. The van der Waals surface area contributed by atoms with Gasteiger partial charge in [0.05, 0.1) is 37.0 Å². The first-order valence-corrected chi connectivity index (χ1v) is 6.91. The minimum absolute atomic E-state index is 0.0466. The van der Waals surface area contributed by atoms with Crippen molar-refractivity contribution in [2.75, 3.05) is 31.6 Å². The third kappa shape index (κ3) is 4.02. The molecule has 1 aromatic rings. The SMILES string of the molecule is CC(C(=O)Nc1cccc(C#N)c1)N1CCOC(CO)C1. The number of nitriles is 1. The van der Waals surface area contributed by atoms with Crippen LogP contribution in [0.25, 0.3) is 0 Å². The monoisotopic (exact) mass is 289 g/mol. The summed E-state index contributed by atoms with van der Waals surface area (Å²) < 4.78 is 5.38. The number of nitrogens with zero attached hydrogens (tertiary/aromatic N) is 2. The number of carbonyl (C=O) groups excluding carboxylic acids is 1. The van der Waals surface area contributed by atoms with Gasteiger partial charge in [0.15, 0.2) is 0 Å². The standard InChI is InChI=1S/C15H19N3O3/c1-11(18-5-6-21-14(9-18)10-19)15(20)17-13-4-2-3-12(7-13)8-16/h2-4,7,11,14,19H,5-6,9-10H2,1H3,(H,17,20). The summed E-state index contributed by atoms with van der Waals surface area (Å²) in [7, 11) is 0. The van der Waals surface area contributed by atoms with Gasteiger partial charge in [-0.1, -0.05) is 6.07 Å². The van der Waals surface area contributed by atoms with Gasteiger partial charge in [-0.3, -0.25) is 9.69 Å². The largest absolute Gasteiger partial charge is 0.394 e. The van der Waals surface area contributed by atoms with Crippen molar-refractivity contribution in [1.29, 1.82) is 5.26 Å². The maximum Gasteiger partial charge on any atom is 0.241 e. The molecule has 0 aromatic heterocycles. The molecule has 2 unspecified atom stereocenters. The number of ether oxygens (including phenoxy) is 1. The van der Waals surface area contributed by atoms with Gasteiger partial charge in [-0.25, -0.2) is 0 Å². The molecule has 0 bridgehead atoms. The molecule has 1 fully saturated rings. The summed E-state index contributed by atoms with van der Waals surface area (Å²) >= 11 is 0. The van der Waals surface area contributed by atoms with Crippen LogP contribution in [0, 0.1) is 11.3 Å². The Morgan fingerprint density at radius 3 is 3.19 bits per heavy atom. The van der Waals surface area contributed by atoms with E-state index in [1.54, 1.807) is 24.3 Å². The highest BCUT2D eigenvalue weighted by Gasteiger charge is 2.27. The molecule has 2 atom stereocenters. The molecule has 0 saturated carbocycles. The van der Waals surface area contributed by atoms with Crippen LogP contribution in [0.15, 0.2) is 24.3 Å². The van der Waals surface area contributed by atoms with Crippen LogP contribution in [0.3, 0.4) is 0 Å². The number of nitrogens with one attached hydrogen (secondary N) is 1. The number of morpholine rings is 1. The van der Waals surface area contributed by atoms with E-state index < -0.39 is 0 Å². The van der Waals surface area contributed by atoms with E-state index in [1.165, 1.54) is 0 Å². The second-order valence-electron chi connectivity index (χ2n) is 5.03. The highest BCUT2D eigenvalue weighted by Crippen LogP contribution is 2.13. The van der Waals surface area contributed by atoms with Gasteiger partial charge < -0.3 is 15.2 Å². The van der Waals surface area contributed by atoms with E-state index in [9.17, 15) is 4.79 Å². The van der Waals surface area contributed by atoms with Crippen LogP contribution in [0.5, 0.6) is 0 Å². The molecule has 1 heterocycles. The zero-order chi connectivity index (χ0) is 15.2. The lowest BCUT2D eigenvalue weighted by molar-refractivity contribution is -0.125. The summed E-state index contributed by atoms with van der Waals surface area (Å²) in [6.45, 7) is 3.47. The van der Waals surface area contributed by atoms with Crippen molar-refractivity contribution in [2.45, 2.75) is 19.1 Å². The van der Waals surface area contributed by atoms with Crippen LogP contribution >= 0.6 is 0 Å². The lowest BCUT2D eigenvalue weighted by Gasteiger charge is -2.35. The number of amides is 1. The number of hydrogen-bond acceptors (Lipinski definition) is 5. The van der Waals surface area contributed by atoms with E-state index in [1.807, 2.05) is 17.9 Å². The number of aliphatic hydroxyl groups is 1. The normalized spacial score (nSPS) is 20.5. The highest BCUT2D eigenvalue weighted by molar-refractivity contribution is 5.94. The number of rotatable bonds is 4. The van der Waals surface area contributed by atoms with Gasteiger partial charge in [0.2, 0.25) is 5.91 Å². The Bertz CT molecular complexity index is 541. The molecule has 2 N–H and O–H groups in total. The van der Waals surface area contributed by atoms with Gasteiger partial charge in [0, 0.05) is 18.8 Å². The molecule has 21 heavy (non-hydrogen) atoms. The van der Waals surface area contributed by atoms with Gasteiger partial charge in [-0.15, -0.1) is 0 Å². The molecule has 112 valence electrons.